The molecule has 0 amide bonds. The van der Waals surface area contributed by atoms with E-state index in [1.165, 1.54) is 36.8 Å². The van der Waals surface area contributed by atoms with Crippen molar-refractivity contribution < 1.29 is 24.1 Å². The SMILES string of the molecule is C=COCC(OC(COC=C)c1ccc([N+](=O)[O-])cc1)c1ccc([N+](=O)[O-])cc1. The number of hydrogen-bond donors (Lipinski definition) is 0. The molecule has 2 aromatic rings. The van der Waals surface area contributed by atoms with Crippen molar-refractivity contribution in [3.8, 4) is 0 Å². The van der Waals surface area contributed by atoms with Gasteiger partial charge in [0.15, 0.2) is 0 Å². The van der Waals surface area contributed by atoms with Crippen molar-refractivity contribution in [2.45, 2.75) is 12.2 Å². The van der Waals surface area contributed by atoms with Gasteiger partial charge in [0.2, 0.25) is 0 Å². The van der Waals surface area contributed by atoms with Gasteiger partial charge < -0.3 is 14.2 Å². The van der Waals surface area contributed by atoms with E-state index >= 15 is 0 Å². The molecule has 2 unspecified atom stereocenters. The molecule has 0 radical (unpaired) electrons. The van der Waals surface area contributed by atoms with Crippen LogP contribution in [0.4, 0.5) is 11.4 Å². The zero-order chi connectivity index (χ0) is 21.2. The lowest BCUT2D eigenvalue weighted by molar-refractivity contribution is -0.385. The summed E-state index contributed by atoms with van der Waals surface area (Å²) in [6.45, 7) is 7.24. The number of rotatable bonds is 12. The largest absolute Gasteiger partial charge is 0.499 e. The van der Waals surface area contributed by atoms with Gasteiger partial charge in [-0.05, 0) is 35.4 Å². The molecular weight excluding hydrogens is 380 g/mol. The molecule has 2 aromatic carbocycles. The van der Waals surface area contributed by atoms with Crippen LogP contribution in [0.5, 0.6) is 0 Å². The van der Waals surface area contributed by atoms with E-state index in [0.29, 0.717) is 11.1 Å². The van der Waals surface area contributed by atoms with Gasteiger partial charge in [-0.1, -0.05) is 13.2 Å². The third-order valence-electron chi connectivity index (χ3n) is 4.01. The highest BCUT2D eigenvalue weighted by molar-refractivity contribution is 5.35. The number of ether oxygens (including phenoxy) is 3. The molecule has 0 aliphatic rings. The molecule has 0 aliphatic carbocycles. The average molecular weight is 400 g/mol. The van der Waals surface area contributed by atoms with Gasteiger partial charge in [-0.15, -0.1) is 0 Å². The van der Waals surface area contributed by atoms with Gasteiger partial charge in [0.05, 0.1) is 22.4 Å². The Morgan fingerprint density at radius 3 is 1.38 bits per heavy atom. The number of nitrogens with zero attached hydrogens (tertiary/aromatic N) is 2. The first-order valence-corrected chi connectivity index (χ1v) is 8.55. The van der Waals surface area contributed by atoms with Gasteiger partial charge in [0.1, 0.15) is 25.4 Å². The van der Waals surface area contributed by atoms with Crippen molar-refractivity contribution >= 4 is 11.4 Å². The van der Waals surface area contributed by atoms with Crippen molar-refractivity contribution in [2.24, 2.45) is 0 Å². The van der Waals surface area contributed by atoms with Gasteiger partial charge in [0.25, 0.3) is 11.4 Å². The second kappa shape index (κ2) is 10.6. The topological polar surface area (TPSA) is 114 Å². The molecule has 0 spiro atoms. The van der Waals surface area contributed by atoms with Crippen LogP contribution in [0.1, 0.15) is 23.3 Å². The molecule has 9 heteroatoms. The molecule has 2 atom stereocenters. The quantitative estimate of drug-likeness (QED) is 0.290. The molecule has 152 valence electrons. The molecule has 0 fully saturated rings. The van der Waals surface area contributed by atoms with Gasteiger partial charge in [-0.25, -0.2) is 0 Å². The number of hydrogen-bond acceptors (Lipinski definition) is 7. The number of nitro benzene ring substituents is 2. The third-order valence-corrected chi connectivity index (χ3v) is 4.01. The smallest absolute Gasteiger partial charge is 0.269 e. The molecule has 29 heavy (non-hydrogen) atoms. The standard InChI is InChI=1S/C20H20N2O7/c1-3-27-13-19(15-5-9-17(10-6-15)21(23)24)29-20(14-28-4-2)16-7-11-18(12-8-16)22(25)26/h3-12,19-20H,1-2,13-14H2. The maximum absolute atomic E-state index is 10.9. The van der Waals surface area contributed by atoms with Crippen molar-refractivity contribution in [3.05, 3.63) is 106 Å². The Bertz CT molecular complexity index is 779. The summed E-state index contributed by atoms with van der Waals surface area (Å²) in [7, 11) is 0. The summed E-state index contributed by atoms with van der Waals surface area (Å²) < 4.78 is 16.7. The molecule has 0 saturated heterocycles. The molecule has 9 nitrogen and oxygen atoms in total. The first kappa shape index (κ1) is 21.6. The number of benzene rings is 2. The lowest BCUT2D eigenvalue weighted by atomic mass is 10.1. The predicted molar refractivity (Wildman–Crippen MR) is 105 cm³/mol. The maximum Gasteiger partial charge on any atom is 0.269 e. The molecule has 0 heterocycles. The van der Waals surface area contributed by atoms with Crippen molar-refractivity contribution in [3.63, 3.8) is 0 Å². The predicted octanol–water partition coefficient (Wildman–Crippen LogP) is 4.62. The van der Waals surface area contributed by atoms with E-state index in [1.54, 1.807) is 24.3 Å². The molecular formula is C20H20N2O7. The summed E-state index contributed by atoms with van der Waals surface area (Å²) in [5.41, 5.74) is 1.23. The molecule has 0 bridgehead atoms. The minimum absolute atomic E-state index is 0.0425. The fourth-order valence-electron chi connectivity index (χ4n) is 2.56. The zero-order valence-corrected chi connectivity index (χ0v) is 15.5. The summed E-state index contributed by atoms with van der Waals surface area (Å²) in [4.78, 5) is 20.8. The van der Waals surface area contributed by atoms with Crippen LogP contribution in [0.15, 0.2) is 74.2 Å². The van der Waals surface area contributed by atoms with Gasteiger partial charge in [-0.2, -0.15) is 0 Å². The Labute approximate surface area is 167 Å². The minimum Gasteiger partial charge on any atom is -0.499 e. The van der Waals surface area contributed by atoms with Crippen LogP contribution in [0.3, 0.4) is 0 Å². The second-order valence-electron chi connectivity index (χ2n) is 5.81. The highest BCUT2D eigenvalue weighted by atomic mass is 16.6. The van der Waals surface area contributed by atoms with E-state index in [0.717, 1.165) is 0 Å². The van der Waals surface area contributed by atoms with Crippen LogP contribution in [0.25, 0.3) is 0 Å². The van der Waals surface area contributed by atoms with E-state index in [4.69, 9.17) is 14.2 Å². The number of non-ortho nitro benzene ring substituents is 2. The Balaban J connectivity index is 2.28. The Morgan fingerprint density at radius 2 is 1.10 bits per heavy atom. The van der Waals surface area contributed by atoms with E-state index in [1.807, 2.05) is 0 Å². The maximum atomic E-state index is 10.9. The number of nitro groups is 2. The van der Waals surface area contributed by atoms with Crippen molar-refractivity contribution in [1.29, 1.82) is 0 Å². The first-order chi connectivity index (χ1) is 14.0. The Kier molecular flexibility index (Phi) is 7.87. The first-order valence-electron chi connectivity index (χ1n) is 8.55. The summed E-state index contributed by atoms with van der Waals surface area (Å²) in [5.74, 6) is 0. The van der Waals surface area contributed by atoms with Crippen LogP contribution in [-0.4, -0.2) is 23.1 Å². The lowest BCUT2D eigenvalue weighted by Gasteiger charge is -2.25. The molecule has 0 saturated carbocycles. The third kappa shape index (κ3) is 6.15. The fraction of sp³-hybridized carbons (Fsp3) is 0.200. The van der Waals surface area contributed by atoms with Crippen molar-refractivity contribution in [1.82, 2.24) is 0 Å². The van der Waals surface area contributed by atoms with Crippen molar-refractivity contribution in [2.75, 3.05) is 13.2 Å². The van der Waals surface area contributed by atoms with Crippen LogP contribution < -0.4 is 0 Å². The molecule has 0 aliphatic heterocycles. The average Bonchev–Trinajstić information content (AvgIpc) is 2.73. The zero-order valence-electron chi connectivity index (χ0n) is 15.5. The van der Waals surface area contributed by atoms with Crippen LogP contribution >= 0.6 is 0 Å². The minimum atomic E-state index is -0.595. The van der Waals surface area contributed by atoms with Crippen LogP contribution in [-0.2, 0) is 14.2 Å². The second-order valence-corrected chi connectivity index (χ2v) is 5.81. The normalized spacial score (nSPS) is 12.4. The summed E-state index contributed by atoms with van der Waals surface area (Å²) in [6.07, 6.45) is 1.34. The lowest BCUT2D eigenvalue weighted by Crippen LogP contribution is -2.18. The van der Waals surface area contributed by atoms with E-state index in [2.05, 4.69) is 13.2 Å². The van der Waals surface area contributed by atoms with E-state index in [-0.39, 0.29) is 24.6 Å². The van der Waals surface area contributed by atoms with Crippen LogP contribution in [0, 0.1) is 20.2 Å². The fourth-order valence-corrected chi connectivity index (χ4v) is 2.56. The van der Waals surface area contributed by atoms with E-state index in [9.17, 15) is 20.2 Å². The van der Waals surface area contributed by atoms with Gasteiger partial charge in [-0.3, -0.25) is 20.2 Å². The molecule has 0 aromatic heterocycles. The van der Waals surface area contributed by atoms with Crippen LogP contribution in [0.2, 0.25) is 0 Å². The highest BCUT2D eigenvalue weighted by Crippen LogP contribution is 2.30. The Hall–Kier alpha value is -3.72. The summed E-state index contributed by atoms with van der Waals surface area (Å²) in [5, 5.41) is 21.7. The molecule has 2 rings (SSSR count). The van der Waals surface area contributed by atoms with Gasteiger partial charge in [0, 0.05) is 24.3 Å². The highest BCUT2D eigenvalue weighted by Gasteiger charge is 2.22. The Morgan fingerprint density at radius 1 is 0.759 bits per heavy atom. The summed E-state index contributed by atoms with van der Waals surface area (Å²) in [6, 6.07) is 11.8. The van der Waals surface area contributed by atoms with Gasteiger partial charge >= 0.3 is 0 Å². The van der Waals surface area contributed by atoms with E-state index < -0.39 is 22.1 Å². The molecule has 0 N–H and O–H groups in total. The summed E-state index contributed by atoms with van der Waals surface area (Å²) >= 11 is 0. The monoisotopic (exact) mass is 400 g/mol.